The molecule has 1 saturated heterocycles. The third-order valence-electron chi connectivity index (χ3n) is 1.63. The van der Waals surface area contributed by atoms with Crippen molar-refractivity contribution in [3.05, 3.63) is 0 Å². The van der Waals surface area contributed by atoms with Crippen LogP contribution in [0.5, 0.6) is 0 Å². The quantitative estimate of drug-likeness (QED) is 0.623. The third-order valence-corrected chi connectivity index (χ3v) is 3.96. The molecule has 1 aliphatic heterocycles. The summed E-state index contributed by atoms with van der Waals surface area (Å²) >= 11 is 8.45. The Hall–Kier alpha value is 0.880. The van der Waals surface area contributed by atoms with Gasteiger partial charge in [0.05, 0.1) is 6.61 Å². The van der Waals surface area contributed by atoms with E-state index in [4.69, 9.17) is 21.6 Å². The Morgan fingerprint density at radius 3 is 3.21 bits per heavy atom. The van der Waals surface area contributed by atoms with Crippen LogP contribution in [0.25, 0.3) is 0 Å². The van der Waals surface area contributed by atoms with Crippen LogP contribution in [0, 0.1) is 0 Å². The molecule has 0 aromatic rings. The minimum Gasteiger partial charge on any atom is -0.306 e. The molecule has 84 valence electrons. The van der Waals surface area contributed by atoms with Crippen LogP contribution in [-0.4, -0.2) is 42.0 Å². The Labute approximate surface area is 104 Å². The van der Waals surface area contributed by atoms with Crippen molar-refractivity contribution in [2.45, 2.75) is 6.42 Å². The monoisotopic (exact) mass is 308 g/mol. The van der Waals surface area contributed by atoms with Crippen LogP contribution < -0.4 is 5.09 Å². The largest absolute Gasteiger partial charge is 0.343 e. The minimum atomic E-state index is -3.78. The van der Waals surface area contributed by atoms with Gasteiger partial charge in [-0.3, -0.25) is 4.57 Å². The standard InChI is InChI=1S/C7H15BrClN2O2P/c8-2-6-11-5-1-7-13-14(11,12)10-4-3-9/h1-7H2,(H,10,12)/t14-/m0/s1/i4D2,6D2. The first-order chi connectivity index (χ1) is 8.17. The van der Waals surface area contributed by atoms with Gasteiger partial charge < -0.3 is 4.52 Å². The molecule has 0 spiro atoms. The molecule has 0 unspecified atom stereocenters. The number of hydrogen-bond donors (Lipinski definition) is 1. The molecule has 0 bridgehead atoms. The highest BCUT2D eigenvalue weighted by Gasteiger charge is 2.33. The van der Waals surface area contributed by atoms with Crippen LogP contribution in [0.3, 0.4) is 0 Å². The highest BCUT2D eigenvalue weighted by atomic mass is 79.9. The van der Waals surface area contributed by atoms with Crippen LogP contribution in [0.4, 0.5) is 0 Å². The molecule has 1 aliphatic rings. The van der Waals surface area contributed by atoms with Crippen LogP contribution in [0.2, 0.25) is 0 Å². The number of rotatable bonds is 5. The molecule has 0 aromatic heterocycles. The fourth-order valence-electron chi connectivity index (χ4n) is 1.07. The fourth-order valence-corrected chi connectivity index (χ4v) is 3.37. The van der Waals surface area contributed by atoms with E-state index in [1.807, 2.05) is 0 Å². The fraction of sp³-hybridized carbons (Fsp3) is 1.00. The van der Waals surface area contributed by atoms with E-state index >= 15 is 0 Å². The van der Waals surface area contributed by atoms with Crippen molar-refractivity contribution >= 4 is 35.2 Å². The highest BCUT2D eigenvalue weighted by molar-refractivity contribution is 9.09. The summed E-state index contributed by atoms with van der Waals surface area (Å²) in [6.45, 7) is -3.57. The summed E-state index contributed by atoms with van der Waals surface area (Å²) in [6, 6.07) is 0. The molecule has 1 rings (SSSR count). The zero-order valence-electron chi connectivity index (χ0n) is 11.5. The van der Waals surface area contributed by atoms with Crippen LogP contribution >= 0.6 is 35.2 Å². The summed E-state index contributed by atoms with van der Waals surface area (Å²) in [5.74, 6) is -0.411. The lowest BCUT2D eigenvalue weighted by Crippen LogP contribution is -2.36. The van der Waals surface area contributed by atoms with Crippen LogP contribution in [-0.2, 0) is 9.09 Å². The first-order valence-electron chi connectivity index (χ1n) is 6.11. The number of nitrogens with one attached hydrogen (secondary N) is 1. The van der Waals surface area contributed by atoms with Crippen LogP contribution in [0.1, 0.15) is 11.9 Å². The molecule has 0 saturated carbocycles. The maximum atomic E-state index is 12.6. The van der Waals surface area contributed by atoms with Gasteiger partial charge in [-0.1, -0.05) is 15.9 Å². The molecule has 0 aromatic carbocycles. The second-order valence-electron chi connectivity index (χ2n) is 2.54. The molecule has 0 aliphatic carbocycles. The number of halogens is 2. The van der Waals surface area contributed by atoms with Gasteiger partial charge in [-0.15, -0.1) is 11.6 Å². The third kappa shape index (κ3) is 3.47. The predicted molar refractivity (Wildman–Crippen MR) is 62.3 cm³/mol. The van der Waals surface area contributed by atoms with E-state index in [0.717, 1.165) is 4.67 Å². The Kier molecular flexibility index (Phi) is 3.71. The maximum absolute atomic E-state index is 12.6. The van der Waals surface area contributed by atoms with Gasteiger partial charge in [0, 0.05) is 36.2 Å². The van der Waals surface area contributed by atoms with Crippen molar-refractivity contribution in [1.29, 1.82) is 0 Å². The van der Waals surface area contributed by atoms with Gasteiger partial charge in [0.15, 0.2) is 0 Å². The molecule has 7 heteroatoms. The first-order valence-corrected chi connectivity index (χ1v) is 7.34. The van der Waals surface area contributed by atoms with Crippen molar-refractivity contribution in [2.24, 2.45) is 0 Å². The molecule has 1 N–H and O–H groups in total. The Balaban J connectivity index is 2.97. The summed E-state index contributed by atoms with van der Waals surface area (Å²) in [6.07, 6.45) is 0.530. The van der Waals surface area contributed by atoms with E-state index in [1.165, 1.54) is 0 Å². The first kappa shape index (κ1) is 8.04. The van der Waals surface area contributed by atoms with Gasteiger partial charge in [-0.25, -0.2) is 9.76 Å². The highest BCUT2D eigenvalue weighted by Crippen LogP contribution is 2.48. The second kappa shape index (κ2) is 6.46. The molecule has 1 fully saturated rings. The number of nitrogens with zero attached hydrogens (tertiary/aromatic N) is 1. The van der Waals surface area contributed by atoms with E-state index in [9.17, 15) is 4.57 Å². The van der Waals surface area contributed by atoms with E-state index in [1.54, 1.807) is 0 Å². The smallest absolute Gasteiger partial charge is 0.306 e. The average molecular weight is 310 g/mol. The molecule has 1 atom stereocenters. The minimum absolute atomic E-state index is 0.0566. The Morgan fingerprint density at radius 1 is 1.79 bits per heavy atom. The number of alkyl halides is 2. The van der Waals surface area contributed by atoms with Crippen molar-refractivity contribution < 1.29 is 14.6 Å². The van der Waals surface area contributed by atoms with E-state index in [0.29, 0.717) is 6.42 Å². The van der Waals surface area contributed by atoms with Crippen molar-refractivity contribution in [2.75, 3.05) is 37.4 Å². The maximum Gasteiger partial charge on any atom is 0.343 e. The summed E-state index contributed by atoms with van der Waals surface area (Å²) in [7, 11) is -3.78. The van der Waals surface area contributed by atoms with Gasteiger partial charge in [-0.2, -0.15) is 0 Å². The Morgan fingerprint density at radius 2 is 2.57 bits per heavy atom. The van der Waals surface area contributed by atoms with Gasteiger partial charge in [-0.05, 0) is 6.42 Å². The van der Waals surface area contributed by atoms with E-state index in [-0.39, 0.29) is 18.5 Å². The average Bonchev–Trinajstić information content (AvgIpc) is 2.28. The molecule has 1 heterocycles. The zero-order valence-corrected chi connectivity index (χ0v) is 10.7. The number of hydrogen-bond acceptors (Lipinski definition) is 2. The lowest BCUT2D eigenvalue weighted by molar-refractivity contribution is 0.204. The lowest BCUT2D eigenvalue weighted by Gasteiger charge is -2.34. The van der Waals surface area contributed by atoms with Crippen molar-refractivity contribution in [3.8, 4) is 0 Å². The van der Waals surface area contributed by atoms with Gasteiger partial charge in [0.2, 0.25) is 0 Å². The Bertz CT molecular complexity index is 349. The van der Waals surface area contributed by atoms with Gasteiger partial charge in [0.25, 0.3) is 0 Å². The molecule has 0 amide bonds. The summed E-state index contributed by atoms with van der Waals surface area (Å²) < 4.78 is 49.3. The molecule has 14 heavy (non-hydrogen) atoms. The summed E-state index contributed by atoms with van der Waals surface area (Å²) in [5.41, 5.74) is 0. The van der Waals surface area contributed by atoms with Gasteiger partial charge >= 0.3 is 7.67 Å². The summed E-state index contributed by atoms with van der Waals surface area (Å²) in [5, 5.41) is 2.15. The zero-order chi connectivity index (χ0) is 14.0. The molecular formula is C7H15BrClN2O2P. The van der Waals surface area contributed by atoms with Crippen molar-refractivity contribution in [3.63, 3.8) is 0 Å². The van der Waals surface area contributed by atoms with Gasteiger partial charge in [0.1, 0.15) is 0 Å². The molecular weight excluding hydrogens is 290 g/mol. The SMILES string of the molecule is [2H]C([2H])(CCl)N[P@]1(=O)OCCCN1C([2H])([2H])CBr. The van der Waals surface area contributed by atoms with Crippen molar-refractivity contribution in [1.82, 2.24) is 9.76 Å². The second-order valence-corrected chi connectivity index (χ2v) is 5.38. The van der Waals surface area contributed by atoms with E-state index < -0.39 is 26.5 Å². The predicted octanol–water partition coefficient (Wildman–Crippen LogP) is 2.04. The summed E-state index contributed by atoms with van der Waals surface area (Å²) in [4.78, 5) is 0. The normalized spacial score (nSPS) is 35.6. The molecule has 0 radical (unpaired) electrons. The molecule has 4 nitrogen and oxygen atoms in total. The van der Waals surface area contributed by atoms with E-state index in [2.05, 4.69) is 21.0 Å². The topological polar surface area (TPSA) is 41.6 Å². The van der Waals surface area contributed by atoms with Crippen LogP contribution in [0.15, 0.2) is 0 Å². The lowest BCUT2D eigenvalue weighted by atomic mass is 10.4.